The van der Waals surface area contributed by atoms with Crippen molar-refractivity contribution < 1.29 is 14.1 Å². The highest BCUT2D eigenvalue weighted by Crippen LogP contribution is 2.35. The molecule has 0 unspecified atom stereocenters. The summed E-state index contributed by atoms with van der Waals surface area (Å²) < 4.78 is 5.34. The van der Waals surface area contributed by atoms with Crippen LogP contribution >= 0.6 is 0 Å². The van der Waals surface area contributed by atoms with Gasteiger partial charge in [-0.3, -0.25) is 10.1 Å². The lowest BCUT2D eigenvalue weighted by molar-refractivity contribution is -0.384. The van der Waals surface area contributed by atoms with Gasteiger partial charge in [0.1, 0.15) is 5.58 Å². The number of nitrogens with zero attached hydrogens (tertiary/aromatic N) is 1. The molecule has 1 aliphatic rings. The quantitative estimate of drug-likeness (QED) is 0.424. The van der Waals surface area contributed by atoms with Crippen LogP contribution in [0.1, 0.15) is 17.2 Å². The largest absolute Gasteiger partial charge is 0.422 e. The lowest BCUT2D eigenvalue weighted by atomic mass is 9.95. The van der Waals surface area contributed by atoms with Gasteiger partial charge < -0.3 is 15.1 Å². The van der Waals surface area contributed by atoms with Crippen molar-refractivity contribution in [2.24, 2.45) is 0 Å². The Labute approximate surface area is 140 Å². The molecule has 2 amide bonds. The first kappa shape index (κ1) is 14.9. The minimum Gasteiger partial charge on any atom is -0.422 e. The standard InChI is InChI=1S/C17H11N3O5/c21-16-13-14(9-4-3-5-10(8-9)20(23)24)18-17(22)19-15(13)11-6-1-2-7-12(11)25-16/h1-8,14H,(H2,18,19,22)/t14-/m1/s1. The predicted octanol–water partition coefficient (Wildman–Crippen LogP) is 2.93. The van der Waals surface area contributed by atoms with E-state index in [4.69, 9.17) is 4.42 Å². The number of benzene rings is 2. The maximum atomic E-state index is 12.5. The number of anilines is 1. The maximum absolute atomic E-state index is 12.5. The number of nitro benzene ring substituents is 1. The van der Waals surface area contributed by atoms with Crippen molar-refractivity contribution in [2.45, 2.75) is 6.04 Å². The second-order valence-corrected chi connectivity index (χ2v) is 5.56. The Hall–Kier alpha value is -3.68. The fourth-order valence-electron chi connectivity index (χ4n) is 2.98. The number of hydrogen-bond donors (Lipinski definition) is 2. The molecule has 8 nitrogen and oxygen atoms in total. The van der Waals surface area contributed by atoms with Crippen molar-refractivity contribution >= 4 is 28.4 Å². The van der Waals surface area contributed by atoms with Crippen molar-refractivity contribution in [3.63, 3.8) is 0 Å². The van der Waals surface area contributed by atoms with Crippen LogP contribution in [0, 0.1) is 10.1 Å². The van der Waals surface area contributed by atoms with Gasteiger partial charge in [0, 0.05) is 17.5 Å². The zero-order valence-electron chi connectivity index (χ0n) is 12.7. The van der Waals surface area contributed by atoms with Crippen LogP contribution in [-0.2, 0) is 0 Å². The number of amides is 2. The topological polar surface area (TPSA) is 114 Å². The summed E-state index contributed by atoms with van der Waals surface area (Å²) in [5.74, 6) is 0. The van der Waals surface area contributed by atoms with E-state index in [0.717, 1.165) is 0 Å². The summed E-state index contributed by atoms with van der Waals surface area (Å²) in [4.78, 5) is 35.1. The molecule has 0 radical (unpaired) electrons. The summed E-state index contributed by atoms with van der Waals surface area (Å²) in [6.45, 7) is 0. The molecule has 0 spiro atoms. The van der Waals surface area contributed by atoms with Gasteiger partial charge in [-0.25, -0.2) is 9.59 Å². The fourth-order valence-corrected chi connectivity index (χ4v) is 2.98. The minimum atomic E-state index is -0.843. The van der Waals surface area contributed by atoms with Crippen LogP contribution in [0.3, 0.4) is 0 Å². The Balaban J connectivity index is 1.98. The number of para-hydroxylation sites is 1. The number of non-ortho nitro benzene ring substituents is 1. The van der Waals surface area contributed by atoms with E-state index in [1.54, 1.807) is 30.3 Å². The van der Waals surface area contributed by atoms with Crippen LogP contribution in [0.15, 0.2) is 57.7 Å². The second-order valence-electron chi connectivity index (χ2n) is 5.56. The van der Waals surface area contributed by atoms with Gasteiger partial charge in [-0.15, -0.1) is 0 Å². The summed E-state index contributed by atoms with van der Waals surface area (Å²) in [6, 6.07) is 11.3. The highest BCUT2D eigenvalue weighted by molar-refractivity contribution is 6.03. The molecule has 0 aliphatic carbocycles. The minimum absolute atomic E-state index is 0.128. The molecular weight excluding hydrogens is 326 g/mol. The number of urea groups is 1. The van der Waals surface area contributed by atoms with Crippen LogP contribution in [0.5, 0.6) is 0 Å². The van der Waals surface area contributed by atoms with Crippen molar-refractivity contribution in [1.29, 1.82) is 0 Å². The first-order chi connectivity index (χ1) is 12.0. The highest BCUT2D eigenvalue weighted by atomic mass is 16.6. The van der Waals surface area contributed by atoms with Gasteiger partial charge in [0.15, 0.2) is 0 Å². The Morgan fingerprint density at radius 3 is 2.68 bits per heavy atom. The van der Waals surface area contributed by atoms with Gasteiger partial charge in [0.05, 0.1) is 22.2 Å². The highest BCUT2D eigenvalue weighted by Gasteiger charge is 2.31. The third kappa shape index (κ3) is 2.40. The number of hydrogen-bond acceptors (Lipinski definition) is 5. The number of carbonyl (C=O) groups is 1. The zero-order chi connectivity index (χ0) is 17.6. The average molecular weight is 337 g/mol. The molecule has 124 valence electrons. The Bertz CT molecular complexity index is 1090. The number of nitrogens with one attached hydrogen (secondary N) is 2. The molecule has 2 aromatic carbocycles. The molecule has 0 saturated carbocycles. The van der Waals surface area contributed by atoms with Crippen molar-refractivity contribution in [2.75, 3.05) is 5.32 Å². The molecule has 8 heteroatoms. The molecule has 0 saturated heterocycles. The summed E-state index contributed by atoms with van der Waals surface area (Å²) in [7, 11) is 0. The molecule has 3 aromatic rings. The number of fused-ring (bicyclic) bond motifs is 3. The van der Waals surface area contributed by atoms with E-state index in [2.05, 4.69) is 10.6 Å². The smallest absolute Gasteiger partial charge is 0.344 e. The first-order valence-corrected chi connectivity index (χ1v) is 7.42. The predicted molar refractivity (Wildman–Crippen MR) is 89.6 cm³/mol. The molecule has 0 bridgehead atoms. The fraction of sp³-hybridized carbons (Fsp3) is 0.0588. The zero-order valence-corrected chi connectivity index (χ0v) is 12.7. The maximum Gasteiger partial charge on any atom is 0.344 e. The van der Waals surface area contributed by atoms with Crippen molar-refractivity contribution in [3.05, 3.63) is 80.2 Å². The van der Waals surface area contributed by atoms with Crippen LogP contribution in [0.25, 0.3) is 11.0 Å². The van der Waals surface area contributed by atoms with E-state index >= 15 is 0 Å². The molecule has 1 aromatic heterocycles. The SMILES string of the molecule is O=C1Nc2c(c(=O)oc3ccccc23)[C@@H](c2cccc([N+](=O)[O-])c2)N1. The van der Waals surface area contributed by atoms with Crippen LogP contribution in [0.2, 0.25) is 0 Å². The van der Waals surface area contributed by atoms with Crippen molar-refractivity contribution in [3.8, 4) is 0 Å². The van der Waals surface area contributed by atoms with Gasteiger partial charge in [-0.05, 0) is 17.7 Å². The van der Waals surface area contributed by atoms with Crippen molar-refractivity contribution in [1.82, 2.24) is 5.32 Å². The molecular formula is C17H11N3O5. The van der Waals surface area contributed by atoms with E-state index in [-0.39, 0.29) is 11.3 Å². The van der Waals surface area contributed by atoms with Crippen LogP contribution in [-0.4, -0.2) is 11.0 Å². The number of carbonyl (C=O) groups excluding carboxylic acids is 1. The first-order valence-electron chi connectivity index (χ1n) is 7.42. The lowest BCUT2D eigenvalue weighted by Crippen LogP contribution is -2.41. The molecule has 2 N–H and O–H groups in total. The van der Waals surface area contributed by atoms with E-state index < -0.39 is 22.6 Å². The summed E-state index contributed by atoms with van der Waals surface area (Å²) >= 11 is 0. The lowest BCUT2D eigenvalue weighted by Gasteiger charge is -2.27. The summed E-state index contributed by atoms with van der Waals surface area (Å²) in [6.07, 6.45) is 0. The van der Waals surface area contributed by atoms with E-state index in [9.17, 15) is 19.7 Å². The third-order valence-electron chi connectivity index (χ3n) is 4.07. The number of rotatable bonds is 2. The van der Waals surface area contributed by atoms with E-state index in [1.165, 1.54) is 18.2 Å². The molecule has 2 heterocycles. The third-order valence-corrected chi connectivity index (χ3v) is 4.07. The molecule has 0 fully saturated rings. The van der Waals surface area contributed by atoms with Gasteiger partial charge in [-0.1, -0.05) is 24.3 Å². The molecule has 1 aliphatic heterocycles. The van der Waals surface area contributed by atoms with E-state index in [1.807, 2.05) is 0 Å². The molecule has 1 atom stereocenters. The Morgan fingerprint density at radius 1 is 1.08 bits per heavy atom. The second kappa shape index (κ2) is 5.45. The normalized spacial score (nSPS) is 16.0. The van der Waals surface area contributed by atoms with Crippen LogP contribution in [0.4, 0.5) is 16.2 Å². The molecule has 25 heavy (non-hydrogen) atoms. The average Bonchev–Trinajstić information content (AvgIpc) is 2.61. The monoisotopic (exact) mass is 337 g/mol. The van der Waals surface area contributed by atoms with Gasteiger partial charge in [-0.2, -0.15) is 0 Å². The van der Waals surface area contributed by atoms with Gasteiger partial charge >= 0.3 is 11.7 Å². The number of nitro groups is 1. The Morgan fingerprint density at radius 2 is 1.88 bits per heavy atom. The van der Waals surface area contributed by atoms with Crippen LogP contribution < -0.4 is 16.3 Å². The Kier molecular flexibility index (Phi) is 3.24. The van der Waals surface area contributed by atoms with Gasteiger partial charge in [0.25, 0.3) is 5.69 Å². The van der Waals surface area contributed by atoms with Gasteiger partial charge in [0.2, 0.25) is 0 Å². The molecule has 4 rings (SSSR count). The summed E-state index contributed by atoms with van der Waals surface area (Å²) in [5.41, 5.74) is 0.597. The summed E-state index contributed by atoms with van der Waals surface area (Å²) in [5, 5.41) is 16.9. The van der Waals surface area contributed by atoms with E-state index in [0.29, 0.717) is 22.2 Å².